The van der Waals surface area contributed by atoms with Gasteiger partial charge in [-0.15, -0.1) is 11.3 Å². The van der Waals surface area contributed by atoms with Gasteiger partial charge in [-0.1, -0.05) is 25.0 Å². The zero-order valence-corrected chi connectivity index (χ0v) is 13.3. The van der Waals surface area contributed by atoms with Crippen LogP contribution in [0.5, 0.6) is 0 Å². The average molecular weight is 301 g/mol. The fourth-order valence-corrected chi connectivity index (χ4v) is 4.98. The molecule has 1 aromatic carbocycles. The lowest BCUT2D eigenvalue weighted by molar-refractivity contribution is 0.00300. The topological polar surface area (TPSA) is 12.5 Å². The van der Waals surface area contributed by atoms with E-state index in [2.05, 4.69) is 34.5 Å². The summed E-state index contributed by atoms with van der Waals surface area (Å²) < 4.78 is 6.99. The lowest BCUT2D eigenvalue weighted by Gasteiger charge is -2.42. The minimum absolute atomic E-state index is 0.704. The van der Waals surface area contributed by atoms with Crippen molar-refractivity contribution in [1.29, 1.82) is 0 Å². The molecule has 0 amide bonds. The summed E-state index contributed by atoms with van der Waals surface area (Å²) in [6.45, 7) is 4.04. The van der Waals surface area contributed by atoms with Crippen LogP contribution in [0.25, 0.3) is 10.1 Å². The van der Waals surface area contributed by atoms with Gasteiger partial charge in [0.15, 0.2) is 0 Å². The second-order valence-corrected chi connectivity index (χ2v) is 7.23. The van der Waals surface area contributed by atoms with E-state index in [0.29, 0.717) is 12.0 Å². The van der Waals surface area contributed by atoms with Gasteiger partial charge in [-0.3, -0.25) is 4.90 Å². The molecule has 2 unspecified atom stereocenters. The van der Waals surface area contributed by atoms with E-state index in [9.17, 15) is 0 Å². The number of benzene rings is 1. The van der Waals surface area contributed by atoms with Gasteiger partial charge in [0.05, 0.1) is 13.2 Å². The molecule has 2 atom stereocenters. The maximum Gasteiger partial charge on any atom is 0.0594 e. The second kappa shape index (κ2) is 6.07. The van der Waals surface area contributed by atoms with Gasteiger partial charge in [-0.2, -0.15) is 0 Å². The number of rotatable bonds is 2. The van der Waals surface area contributed by atoms with Gasteiger partial charge in [-0.05, 0) is 41.3 Å². The minimum atomic E-state index is 0.704. The molecule has 112 valence electrons. The molecule has 0 spiro atoms. The molecule has 2 aliphatic rings. The smallest absolute Gasteiger partial charge is 0.0594 e. The van der Waals surface area contributed by atoms with Crippen molar-refractivity contribution in [2.75, 3.05) is 26.3 Å². The Morgan fingerprint density at radius 2 is 1.90 bits per heavy atom. The summed E-state index contributed by atoms with van der Waals surface area (Å²) in [5.41, 5.74) is 1.59. The highest BCUT2D eigenvalue weighted by Crippen LogP contribution is 2.40. The fourth-order valence-electron chi connectivity index (χ4n) is 4.16. The van der Waals surface area contributed by atoms with Crippen LogP contribution in [-0.2, 0) is 4.74 Å². The summed E-state index contributed by atoms with van der Waals surface area (Å²) in [5, 5.41) is 3.73. The van der Waals surface area contributed by atoms with Crippen molar-refractivity contribution in [3.63, 3.8) is 0 Å². The van der Waals surface area contributed by atoms with Crippen LogP contribution in [0.1, 0.15) is 37.2 Å². The average Bonchev–Trinajstić information content (AvgIpc) is 3.04. The normalized spacial score (nSPS) is 28.0. The largest absolute Gasteiger partial charge is 0.379 e. The van der Waals surface area contributed by atoms with Crippen LogP contribution in [0.4, 0.5) is 0 Å². The molecule has 0 N–H and O–H groups in total. The van der Waals surface area contributed by atoms with Gasteiger partial charge >= 0.3 is 0 Å². The third kappa shape index (κ3) is 2.63. The van der Waals surface area contributed by atoms with Crippen LogP contribution < -0.4 is 0 Å². The van der Waals surface area contributed by atoms with Gasteiger partial charge in [-0.25, -0.2) is 0 Å². The Kier molecular flexibility index (Phi) is 3.97. The second-order valence-electron chi connectivity index (χ2n) is 6.29. The molecule has 3 heteroatoms. The molecule has 2 heterocycles. The summed E-state index contributed by atoms with van der Waals surface area (Å²) in [6, 6.07) is 9.92. The van der Waals surface area contributed by atoms with Gasteiger partial charge < -0.3 is 4.74 Å². The number of thiophene rings is 1. The molecule has 1 aromatic heterocycles. The molecule has 1 saturated heterocycles. The molecule has 2 fully saturated rings. The molecule has 21 heavy (non-hydrogen) atoms. The quantitative estimate of drug-likeness (QED) is 0.822. The Morgan fingerprint density at radius 3 is 2.81 bits per heavy atom. The van der Waals surface area contributed by atoms with Crippen LogP contribution in [0.2, 0.25) is 0 Å². The summed E-state index contributed by atoms with van der Waals surface area (Å²) in [6.07, 6.45) is 5.46. The first-order chi connectivity index (χ1) is 10.4. The Morgan fingerprint density at radius 1 is 1.05 bits per heavy atom. The number of ether oxygens (including phenoxy) is 1. The van der Waals surface area contributed by atoms with Gasteiger partial charge in [0, 0.05) is 29.7 Å². The molecular formula is C18H23NOS. The lowest BCUT2D eigenvalue weighted by Crippen LogP contribution is -2.47. The van der Waals surface area contributed by atoms with Gasteiger partial charge in [0.1, 0.15) is 0 Å². The number of hydrogen-bond acceptors (Lipinski definition) is 3. The van der Waals surface area contributed by atoms with Gasteiger partial charge in [0.25, 0.3) is 0 Å². The van der Waals surface area contributed by atoms with E-state index in [1.807, 2.05) is 11.3 Å². The molecule has 0 radical (unpaired) electrons. The first-order valence-corrected chi connectivity index (χ1v) is 9.09. The van der Waals surface area contributed by atoms with E-state index in [0.717, 1.165) is 26.3 Å². The maximum absolute atomic E-state index is 5.55. The SMILES string of the molecule is c1cc(C2CCCCC2N2CCOCC2)c2ccsc2c1. The number of morpholine rings is 1. The number of hydrogen-bond donors (Lipinski definition) is 0. The monoisotopic (exact) mass is 301 g/mol. The van der Waals surface area contributed by atoms with Crippen molar-refractivity contribution in [3.05, 3.63) is 35.2 Å². The van der Waals surface area contributed by atoms with Crippen molar-refractivity contribution < 1.29 is 4.74 Å². The van der Waals surface area contributed by atoms with Crippen molar-refractivity contribution >= 4 is 21.4 Å². The summed E-state index contributed by atoms with van der Waals surface area (Å²) in [7, 11) is 0. The lowest BCUT2D eigenvalue weighted by atomic mass is 9.78. The van der Waals surface area contributed by atoms with E-state index in [-0.39, 0.29) is 0 Å². The van der Waals surface area contributed by atoms with Crippen LogP contribution >= 0.6 is 11.3 Å². The van der Waals surface area contributed by atoms with Crippen molar-refractivity contribution in [3.8, 4) is 0 Å². The minimum Gasteiger partial charge on any atom is -0.379 e. The summed E-state index contributed by atoms with van der Waals surface area (Å²) in [5.74, 6) is 0.704. The summed E-state index contributed by atoms with van der Waals surface area (Å²) >= 11 is 1.87. The molecule has 1 saturated carbocycles. The Hall–Kier alpha value is -0.900. The van der Waals surface area contributed by atoms with Crippen LogP contribution in [0, 0.1) is 0 Å². The predicted molar refractivity (Wildman–Crippen MR) is 89.2 cm³/mol. The van der Waals surface area contributed by atoms with E-state index in [4.69, 9.17) is 4.74 Å². The Balaban J connectivity index is 1.68. The molecule has 4 rings (SSSR count). The number of fused-ring (bicyclic) bond motifs is 1. The molecular weight excluding hydrogens is 278 g/mol. The van der Waals surface area contributed by atoms with Crippen LogP contribution in [-0.4, -0.2) is 37.2 Å². The Bertz CT molecular complexity index is 602. The zero-order chi connectivity index (χ0) is 14.1. The first-order valence-electron chi connectivity index (χ1n) is 8.21. The van der Waals surface area contributed by atoms with Crippen LogP contribution in [0.3, 0.4) is 0 Å². The van der Waals surface area contributed by atoms with E-state index in [1.165, 1.54) is 35.8 Å². The third-order valence-corrected chi connectivity index (χ3v) is 6.06. The van der Waals surface area contributed by atoms with E-state index >= 15 is 0 Å². The highest BCUT2D eigenvalue weighted by atomic mass is 32.1. The standard InChI is InChI=1S/C18H23NOS/c1-2-6-17(19-9-11-20-12-10-19)15(4-1)14-5-3-7-18-16(14)8-13-21-18/h3,5,7-8,13,15,17H,1-2,4,6,9-12H2. The van der Waals surface area contributed by atoms with E-state index in [1.54, 1.807) is 5.56 Å². The molecule has 2 aromatic rings. The Labute approximate surface area is 130 Å². The molecule has 1 aliphatic carbocycles. The third-order valence-electron chi connectivity index (χ3n) is 5.17. The van der Waals surface area contributed by atoms with Gasteiger partial charge in [0.2, 0.25) is 0 Å². The predicted octanol–water partition coefficient (Wildman–Crippen LogP) is 4.26. The highest BCUT2D eigenvalue weighted by Gasteiger charge is 2.32. The summed E-state index contributed by atoms with van der Waals surface area (Å²) in [4.78, 5) is 2.69. The first kappa shape index (κ1) is 13.7. The molecule has 0 bridgehead atoms. The maximum atomic E-state index is 5.55. The van der Waals surface area contributed by atoms with Crippen LogP contribution in [0.15, 0.2) is 29.6 Å². The molecule has 1 aliphatic heterocycles. The zero-order valence-electron chi connectivity index (χ0n) is 12.5. The fraction of sp³-hybridized carbons (Fsp3) is 0.556. The molecule has 2 nitrogen and oxygen atoms in total. The van der Waals surface area contributed by atoms with Crippen molar-refractivity contribution in [2.24, 2.45) is 0 Å². The van der Waals surface area contributed by atoms with Crippen molar-refractivity contribution in [2.45, 2.75) is 37.6 Å². The van der Waals surface area contributed by atoms with E-state index < -0.39 is 0 Å². The number of nitrogens with zero attached hydrogens (tertiary/aromatic N) is 1. The highest BCUT2D eigenvalue weighted by molar-refractivity contribution is 7.17. The van der Waals surface area contributed by atoms with Crippen molar-refractivity contribution in [1.82, 2.24) is 4.90 Å².